The number of urea groups is 1. The highest BCUT2D eigenvalue weighted by atomic mass is 35.5. The van der Waals surface area contributed by atoms with E-state index in [2.05, 4.69) is 5.32 Å². The average molecular weight is 350 g/mol. The largest absolute Gasteiger partial charge is 0.335 e. The van der Waals surface area contributed by atoms with Crippen molar-refractivity contribution in [3.8, 4) is 0 Å². The SMILES string of the molecule is CCCC1C(=O)NC(=O)N(c2c(Cl)cc(Cl)cc2Cl)C1=O. The van der Waals surface area contributed by atoms with E-state index in [0.717, 1.165) is 4.90 Å². The van der Waals surface area contributed by atoms with Crippen LogP contribution in [0.3, 0.4) is 0 Å². The number of halogens is 3. The van der Waals surface area contributed by atoms with Crippen LogP contribution in [0.25, 0.3) is 0 Å². The second kappa shape index (κ2) is 6.22. The van der Waals surface area contributed by atoms with Crippen molar-refractivity contribution in [3.63, 3.8) is 0 Å². The molecule has 8 heteroatoms. The van der Waals surface area contributed by atoms with Gasteiger partial charge in [-0.15, -0.1) is 0 Å². The molecule has 2 rings (SSSR count). The number of amides is 4. The highest BCUT2D eigenvalue weighted by molar-refractivity contribution is 6.44. The first kappa shape index (κ1) is 16.1. The van der Waals surface area contributed by atoms with Crippen LogP contribution in [-0.2, 0) is 9.59 Å². The lowest BCUT2D eigenvalue weighted by Crippen LogP contribution is -2.58. The van der Waals surface area contributed by atoms with Crippen molar-refractivity contribution in [1.82, 2.24) is 5.32 Å². The van der Waals surface area contributed by atoms with Gasteiger partial charge >= 0.3 is 6.03 Å². The molecular weight excluding hydrogens is 339 g/mol. The maximum absolute atomic E-state index is 12.4. The summed E-state index contributed by atoms with van der Waals surface area (Å²) in [6.07, 6.45) is 0.950. The van der Waals surface area contributed by atoms with Crippen LogP contribution in [0, 0.1) is 5.92 Å². The van der Waals surface area contributed by atoms with Crippen LogP contribution >= 0.6 is 34.8 Å². The average Bonchev–Trinajstić information content (AvgIpc) is 2.37. The second-order valence-electron chi connectivity index (χ2n) is 4.53. The molecule has 0 aliphatic carbocycles. The van der Waals surface area contributed by atoms with Gasteiger partial charge in [-0.3, -0.25) is 14.9 Å². The first-order valence-electron chi connectivity index (χ1n) is 6.20. The minimum atomic E-state index is -0.935. The summed E-state index contributed by atoms with van der Waals surface area (Å²) in [5.41, 5.74) is 0.0267. The topological polar surface area (TPSA) is 66.5 Å². The molecule has 0 saturated carbocycles. The number of rotatable bonds is 3. The minimum absolute atomic E-state index is 0.0267. The van der Waals surface area contributed by atoms with Crippen LogP contribution in [0.15, 0.2) is 12.1 Å². The van der Waals surface area contributed by atoms with Gasteiger partial charge in [-0.05, 0) is 18.6 Å². The number of barbiturate groups is 1. The predicted octanol–water partition coefficient (Wildman–Crippen LogP) is 3.65. The van der Waals surface area contributed by atoms with E-state index in [4.69, 9.17) is 34.8 Å². The fraction of sp³-hybridized carbons (Fsp3) is 0.308. The predicted molar refractivity (Wildman–Crippen MR) is 80.9 cm³/mol. The number of benzene rings is 1. The number of hydrogen-bond donors (Lipinski definition) is 1. The molecule has 1 fully saturated rings. The Morgan fingerprint density at radius 2 is 1.71 bits per heavy atom. The van der Waals surface area contributed by atoms with Crippen LogP contribution < -0.4 is 10.2 Å². The number of hydrogen-bond acceptors (Lipinski definition) is 3. The number of nitrogens with one attached hydrogen (secondary N) is 1. The monoisotopic (exact) mass is 348 g/mol. The normalized spacial score (nSPS) is 19.0. The van der Waals surface area contributed by atoms with Crippen molar-refractivity contribution >= 4 is 58.3 Å². The van der Waals surface area contributed by atoms with Crippen LogP contribution in [0.5, 0.6) is 0 Å². The number of nitrogens with zero attached hydrogens (tertiary/aromatic N) is 1. The van der Waals surface area contributed by atoms with Crippen LogP contribution in [0.4, 0.5) is 10.5 Å². The lowest BCUT2D eigenvalue weighted by atomic mass is 9.99. The summed E-state index contributed by atoms with van der Waals surface area (Å²) in [5.74, 6) is -2.18. The summed E-state index contributed by atoms with van der Waals surface area (Å²) in [5, 5.41) is 2.53. The first-order valence-corrected chi connectivity index (χ1v) is 7.33. The molecule has 4 amide bonds. The molecule has 1 aliphatic rings. The highest BCUT2D eigenvalue weighted by Crippen LogP contribution is 2.38. The Labute approximate surface area is 136 Å². The molecule has 0 aromatic heterocycles. The van der Waals surface area contributed by atoms with E-state index < -0.39 is 23.8 Å². The van der Waals surface area contributed by atoms with Gasteiger partial charge in [0.05, 0.1) is 15.7 Å². The van der Waals surface area contributed by atoms with Crippen molar-refractivity contribution in [2.75, 3.05) is 4.90 Å². The zero-order valence-electron chi connectivity index (χ0n) is 11.0. The van der Waals surface area contributed by atoms with Crippen molar-refractivity contribution in [2.45, 2.75) is 19.8 Å². The van der Waals surface area contributed by atoms with Gasteiger partial charge in [-0.2, -0.15) is 0 Å². The van der Waals surface area contributed by atoms with Gasteiger partial charge in [0, 0.05) is 5.02 Å². The molecule has 1 aromatic carbocycles. The first-order chi connectivity index (χ1) is 9.86. The molecule has 1 saturated heterocycles. The Hall–Kier alpha value is -1.30. The lowest BCUT2D eigenvalue weighted by Gasteiger charge is -2.31. The molecule has 1 heterocycles. The molecular formula is C13H11Cl3N2O3. The maximum atomic E-state index is 12.4. The quantitative estimate of drug-likeness (QED) is 0.847. The summed E-state index contributed by atoms with van der Waals surface area (Å²) in [4.78, 5) is 36.9. The van der Waals surface area contributed by atoms with Gasteiger partial charge in [-0.25, -0.2) is 9.69 Å². The Morgan fingerprint density at radius 3 is 2.24 bits per heavy atom. The summed E-state index contributed by atoms with van der Waals surface area (Å²) in [6.45, 7) is 1.84. The summed E-state index contributed by atoms with van der Waals surface area (Å²) >= 11 is 17.9. The molecule has 1 N–H and O–H groups in total. The summed E-state index contributed by atoms with van der Waals surface area (Å²) < 4.78 is 0. The number of imide groups is 2. The van der Waals surface area contributed by atoms with E-state index in [-0.39, 0.29) is 20.8 Å². The van der Waals surface area contributed by atoms with Gasteiger partial charge in [0.15, 0.2) is 0 Å². The van der Waals surface area contributed by atoms with Crippen LogP contribution in [-0.4, -0.2) is 17.8 Å². The highest BCUT2D eigenvalue weighted by Gasteiger charge is 2.42. The Bertz CT molecular complexity index is 610. The van der Waals surface area contributed by atoms with Crippen molar-refractivity contribution < 1.29 is 14.4 Å². The Kier molecular flexibility index (Phi) is 4.76. The molecule has 0 radical (unpaired) electrons. The van der Waals surface area contributed by atoms with E-state index in [1.807, 2.05) is 6.92 Å². The fourth-order valence-corrected chi connectivity index (χ4v) is 3.11. The molecule has 112 valence electrons. The molecule has 1 aliphatic heterocycles. The number of anilines is 1. The second-order valence-corrected chi connectivity index (χ2v) is 5.78. The molecule has 21 heavy (non-hydrogen) atoms. The van der Waals surface area contributed by atoms with E-state index in [0.29, 0.717) is 12.8 Å². The van der Waals surface area contributed by atoms with Crippen molar-refractivity contribution in [2.24, 2.45) is 5.92 Å². The van der Waals surface area contributed by atoms with E-state index in [1.165, 1.54) is 12.1 Å². The van der Waals surface area contributed by atoms with Crippen molar-refractivity contribution in [3.05, 3.63) is 27.2 Å². The van der Waals surface area contributed by atoms with Crippen molar-refractivity contribution in [1.29, 1.82) is 0 Å². The smallest absolute Gasteiger partial charge is 0.277 e. The van der Waals surface area contributed by atoms with Gasteiger partial charge in [0.2, 0.25) is 11.8 Å². The zero-order chi connectivity index (χ0) is 15.7. The van der Waals surface area contributed by atoms with E-state index in [9.17, 15) is 14.4 Å². The summed E-state index contributed by atoms with van der Waals surface area (Å²) in [6, 6.07) is 1.87. The molecule has 1 atom stereocenters. The zero-order valence-corrected chi connectivity index (χ0v) is 13.2. The third-order valence-electron chi connectivity index (χ3n) is 3.05. The van der Waals surface area contributed by atoms with Crippen LogP contribution in [0.1, 0.15) is 19.8 Å². The minimum Gasteiger partial charge on any atom is -0.277 e. The van der Waals surface area contributed by atoms with Gasteiger partial charge in [-0.1, -0.05) is 48.1 Å². The molecule has 5 nitrogen and oxygen atoms in total. The number of carbonyl (C=O) groups is 3. The van der Waals surface area contributed by atoms with E-state index >= 15 is 0 Å². The summed E-state index contributed by atoms with van der Waals surface area (Å²) in [7, 11) is 0. The number of carbonyl (C=O) groups excluding carboxylic acids is 3. The van der Waals surface area contributed by atoms with Gasteiger partial charge in [0.1, 0.15) is 5.92 Å². The fourth-order valence-electron chi connectivity index (χ4n) is 2.12. The third-order valence-corrected chi connectivity index (χ3v) is 3.85. The van der Waals surface area contributed by atoms with E-state index in [1.54, 1.807) is 0 Å². The Balaban J connectivity index is 2.49. The Morgan fingerprint density at radius 1 is 1.14 bits per heavy atom. The van der Waals surface area contributed by atoms with Crippen LogP contribution in [0.2, 0.25) is 15.1 Å². The van der Waals surface area contributed by atoms with Gasteiger partial charge in [0.25, 0.3) is 0 Å². The molecule has 0 spiro atoms. The maximum Gasteiger partial charge on any atom is 0.335 e. The molecule has 0 bridgehead atoms. The molecule has 1 unspecified atom stereocenters. The third kappa shape index (κ3) is 3.00. The molecule has 1 aromatic rings. The lowest BCUT2D eigenvalue weighted by molar-refractivity contribution is -0.134. The standard InChI is InChI=1S/C13H11Cl3N2O3/c1-2-3-7-11(19)17-13(21)18(12(7)20)10-8(15)4-6(14)5-9(10)16/h4-5,7H,2-3H2,1H3,(H,17,19,21). The van der Waals surface area contributed by atoms with Gasteiger partial charge < -0.3 is 0 Å².